The van der Waals surface area contributed by atoms with Gasteiger partial charge in [-0.2, -0.15) is 0 Å². The van der Waals surface area contributed by atoms with Gasteiger partial charge < -0.3 is 15.3 Å². The Hall–Kier alpha value is -2.11. The molecule has 6 heteroatoms. The van der Waals surface area contributed by atoms with Crippen molar-refractivity contribution in [3.8, 4) is 0 Å². The summed E-state index contributed by atoms with van der Waals surface area (Å²) in [5.74, 6) is -0.947. The summed E-state index contributed by atoms with van der Waals surface area (Å²) < 4.78 is 0. The number of aromatic nitrogens is 1. The highest BCUT2D eigenvalue weighted by atomic mass is 16.4. The molecule has 108 valence electrons. The summed E-state index contributed by atoms with van der Waals surface area (Å²) in [4.78, 5) is 28.8. The normalized spacial score (nSPS) is 21.8. The van der Waals surface area contributed by atoms with E-state index in [0.29, 0.717) is 25.9 Å². The maximum absolute atomic E-state index is 12.1. The largest absolute Gasteiger partial charge is 0.480 e. The first kappa shape index (κ1) is 14.3. The van der Waals surface area contributed by atoms with Crippen LogP contribution < -0.4 is 5.32 Å². The Kier molecular flexibility index (Phi) is 4.22. The molecule has 1 atom stereocenters. The summed E-state index contributed by atoms with van der Waals surface area (Å²) in [5, 5.41) is 12.0. The van der Waals surface area contributed by atoms with Gasteiger partial charge in [-0.25, -0.2) is 9.59 Å². The summed E-state index contributed by atoms with van der Waals surface area (Å²) in [7, 11) is 0. The van der Waals surface area contributed by atoms with Gasteiger partial charge in [-0.15, -0.1) is 0 Å². The van der Waals surface area contributed by atoms with Crippen molar-refractivity contribution < 1.29 is 14.7 Å². The lowest BCUT2D eigenvalue weighted by Crippen LogP contribution is -2.54. The number of nitrogens with one attached hydrogen (secondary N) is 1. The molecule has 0 aromatic carbocycles. The molecule has 1 aromatic heterocycles. The van der Waals surface area contributed by atoms with Gasteiger partial charge in [-0.1, -0.05) is 6.07 Å². The molecule has 0 saturated carbocycles. The predicted molar refractivity (Wildman–Crippen MR) is 73.3 cm³/mol. The molecule has 1 aromatic rings. The molecular formula is C14H19N3O3. The molecule has 1 aliphatic rings. The van der Waals surface area contributed by atoms with E-state index in [1.807, 2.05) is 12.1 Å². The summed E-state index contributed by atoms with van der Waals surface area (Å²) >= 11 is 0. The van der Waals surface area contributed by atoms with E-state index in [4.69, 9.17) is 0 Å². The Bertz CT molecular complexity index is 492. The first-order valence-electron chi connectivity index (χ1n) is 6.72. The highest BCUT2D eigenvalue weighted by molar-refractivity contribution is 5.86. The van der Waals surface area contributed by atoms with Crippen LogP contribution in [0.4, 0.5) is 4.79 Å². The van der Waals surface area contributed by atoms with Gasteiger partial charge in [0.15, 0.2) is 0 Å². The van der Waals surface area contributed by atoms with Crippen molar-refractivity contribution in [2.45, 2.75) is 31.7 Å². The Morgan fingerprint density at radius 3 is 3.00 bits per heavy atom. The second kappa shape index (κ2) is 5.90. The number of rotatable bonds is 4. The van der Waals surface area contributed by atoms with E-state index in [1.54, 1.807) is 19.3 Å². The first-order valence-corrected chi connectivity index (χ1v) is 6.72. The minimum Gasteiger partial charge on any atom is -0.480 e. The van der Waals surface area contributed by atoms with Crippen LogP contribution in [0.3, 0.4) is 0 Å². The van der Waals surface area contributed by atoms with Gasteiger partial charge in [-0.05, 0) is 37.8 Å². The van der Waals surface area contributed by atoms with E-state index < -0.39 is 11.5 Å². The van der Waals surface area contributed by atoms with E-state index >= 15 is 0 Å². The molecule has 6 nitrogen and oxygen atoms in total. The predicted octanol–water partition coefficient (Wildman–Crippen LogP) is 1.27. The van der Waals surface area contributed by atoms with Crippen molar-refractivity contribution in [1.82, 2.24) is 15.2 Å². The van der Waals surface area contributed by atoms with Crippen molar-refractivity contribution in [3.05, 3.63) is 30.1 Å². The third kappa shape index (κ3) is 2.89. The minimum absolute atomic E-state index is 0.309. The van der Waals surface area contributed by atoms with Gasteiger partial charge in [0.05, 0.1) is 0 Å². The molecule has 1 fully saturated rings. The maximum Gasteiger partial charge on any atom is 0.329 e. The number of hydrogen-bond acceptors (Lipinski definition) is 3. The fraction of sp³-hybridized carbons (Fsp3) is 0.500. The van der Waals surface area contributed by atoms with Crippen LogP contribution in [0.5, 0.6) is 0 Å². The zero-order valence-electron chi connectivity index (χ0n) is 11.5. The Labute approximate surface area is 117 Å². The van der Waals surface area contributed by atoms with E-state index in [1.165, 1.54) is 4.90 Å². The lowest BCUT2D eigenvalue weighted by molar-refractivity contribution is -0.147. The second-order valence-electron chi connectivity index (χ2n) is 5.18. The fourth-order valence-corrected chi connectivity index (χ4v) is 2.47. The first-order chi connectivity index (χ1) is 9.54. The van der Waals surface area contributed by atoms with Crippen LogP contribution >= 0.6 is 0 Å². The summed E-state index contributed by atoms with van der Waals surface area (Å²) in [5.41, 5.74) is -0.0477. The van der Waals surface area contributed by atoms with Crippen molar-refractivity contribution in [3.63, 3.8) is 0 Å². The quantitative estimate of drug-likeness (QED) is 0.868. The number of amides is 2. The Morgan fingerprint density at radius 1 is 1.55 bits per heavy atom. The average Bonchev–Trinajstić information content (AvgIpc) is 2.83. The topological polar surface area (TPSA) is 82.5 Å². The molecule has 2 heterocycles. The van der Waals surface area contributed by atoms with Crippen molar-refractivity contribution in [2.75, 3.05) is 13.1 Å². The highest BCUT2D eigenvalue weighted by Crippen LogP contribution is 2.29. The van der Waals surface area contributed by atoms with Crippen molar-refractivity contribution in [1.29, 1.82) is 0 Å². The summed E-state index contributed by atoms with van der Waals surface area (Å²) in [6.07, 6.45) is 5.35. The third-order valence-electron chi connectivity index (χ3n) is 3.76. The summed E-state index contributed by atoms with van der Waals surface area (Å²) in [6, 6.07) is 3.48. The zero-order chi connectivity index (χ0) is 14.6. The van der Waals surface area contributed by atoms with Crippen LogP contribution in [0.15, 0.2) is 24.5 Å². The van der Waals surface area contributed by atoms with Crippen molar-refractivity contribution in [2.24, 2.45) is 0 Å². The average molecular weight is 277 g/mol. The smallest absolute Gasteiger partial charge is 0.329 e. The number of carbonyl (C=O) groups is 2. The van der Waals surface area contributed by atoms with E-state index in [9.17, 15) is 14.7 Å². The molecule has 0 bridgehead atoms. The van der Waals surface area contributed by atoms with E-state index in [0.717, 1.165) is 12.0 Å². The van der Waals surface area contributed by atoms with Crippen LogP contribution in [-0.2, 0) is 11.2 Å². The van der Waals surface area contributed by atoms with Crippen LogP contribution in [0.25, 0.3) is 0 Å². The number of likely N-dealkylation sites (tertiary alicyclic amines) is 1. The van der Waals surface area contributed by atoms with Gasteiger partial charge in [-0.3, -0.25) is 4.98 Å². The number of aliphatic carboxylic acids is 1. The lowest BCUT2D eigenvalue weighted by Gasteiger charge is -2.31. The number of carbonyl (C=O) groups excluding carboxylic acids is 1. The van der Waals surface area contributed by atoms with Crippen LogP contribution in [-0.4, -0.2) is 45.6 Å². The molecule has 1 saturated heterocycles. The van der Waals surface area contributed by atoms with E-state index in [2.05, 4.69) is 10.3 Å². The van der Waals surface area contributed by atoms with Gasteiger partial charge in [0.2, 0.25) is 0 Å². The van der Waals surface area contributed by atoms with E-state index in [-0.39, 0.29) is 6.03 Å². The minimum atomic E-state index is -1.08. The molecular weight excluding hydrogens is 258 g/mol. The zero-order valence-corrected chi connectivity index (χ0v) is 11.5. The monoisotopic (exact) mass is 277 g/mol. The number of pyridine rings is 1. The molecule has 0 aliphatic carbocycles. The molecule has 1 unspecified atom stereocenters. The molecule has 2 amide bonds. The maximum atomic E-state index is 12.1. The Morgan fingerprint density at radius 2 is 2.35 bits per heavy atom. The Balaban J connectivity index is 1.87. The number of carboxylic acids is 1. The van der Waals surface area contributed by atoms with Crippen LogP contribution in [0.2, 0.25) is 0 Å². The van der Waals surface area contributed by atoms with Crippen molar-refractivity contribution >= 4 is 12.0 Å². The number of carboxylic acid groups (broad SMARTS) is 1. The van der Waals surface area contributed by atoms with Gasteiger partial charge in [0, 0.05) is 25.5 Å². The SMILES string of the molecule is CC1(C(=O)O)CCCN1C(=O)NCCc1cccnc1. The molecule has 2 N–H and O–H groups in total. The lowest BCUT2D eigenvalue weighted by atomic mass is 10.00. The van der Waals surface area contributed by atoms with Crippen LogP contribution in [0.1, 0.15) is 25.3 Å². The van der Waals surface area contributed by atoms with Gasteiger partial charge in [0.1, 0.15) is 5.54 Å². The van der Waals surface area contributed by atoms with Gasteiger partial charge in [0.25, 0.3) is 0 Å². The highest BCUT2D eigenvalue weighted by Gasteiger charge is 2.45. The molecule has 0 radical (unpaired) electrons. The number of urea groups is 1. The molecule has 1 aliphatic heterocycles. The molecule has 0 spiro atoms. The second-order valence-corrected chi connectivity index (χ2v) is 5.18. The number of hydrogen-bond donors (Lipinski definition) is 2. The third-order valence-corrected chi connectivity index (χ3v) is 3.76. The molecule has 2 rings (SSSR count). The molecule has 20 heavy (non-hydrogen) atoms. The number of nitrogens with zero attached hydrogens (tertiary/aromatic N) is 2. The fourth-order valence-electron chi connectivity index (χ4n) is 2.47. The van der Waals surface area contributed by atoms with Gasteiger partial charge >= 0.3 is 12.0 Å². The standard InChI is InChI=1S/C14H19N3O3/c1-14(12(18)19)6-3-9-17(14)13(20)16-8-5-11-4-2-7-15-10-11/h2,4,7,10H,3,5-6,8-9H2,1H3,(H,16,20)(H,18,19). The van der Waals surface area contributed by atoms with Crippen LogP contribution in [0, 0.1) is 0 Å². The summed E-state index contributed by atoms with van der Waals surface area (Å²) in [6.45, 7) is 2.56.